The van der Waals surface area contributed by atoms with Crippen LogP contribution in [0.3, 0.4) is 0 Å². The summed E-state index contributed by atoms with van der Waals surface area (Å²) in [7, 11) is 0. The summed E-state index contributed by atoms with van der Waals surface area (Å²) in [5.41, 5.74) is 1.01. The second kappa shape index (κ2) is 6.60. The second-order valence-electron chi connectivity index (χ2n) is 3.99. The topological polar surface area (TPSA) is 92.9 Å². The van der Waals surface area contributed by atoms with Crippen LogP contribution in [0, 0.1) is 0 Å². The van der Waals surface area contributed by atoms with E-state index < -0.39 is 5.97 Å². The van der Waals surface area contributed by atoms with E-state index in [4.69, 9.17) is 5.11 Å². The van der Waals surface area contributed by atoms with Crippen LogP contribution in [-0.2, 0) is 13.0 Å². The third-order valence-corrected chi connectivity index (χ3v) is 2.56. The Kier molecular flexibility index (Phi) is 4.57. The summed E-state index contributed by atoms with van der Waals surface area (Å²) in [4.78, 5) is 14.8. The van der Waals surface area contributed by atoms with E-state index in [2.05, 4.69) is 20.6 Å². The van der Waals surface area contributed by atoms with Crippen LogP contribution in [0.5, 0.6) is 0 Å². The van der Waals surface area contributed by atoms with Gasteiger partial charge in [-0.1, -0.05) is 11.3 Å². The zero-order valence-electron chi connectivity index (χ0n) is 10.4. The zero-order chi connectivity index (χ0) is 13.5. The van der Waals surface area contributed by atoms with Crippen molar-refractivity contribution in [1.29, 1.82) is 0 Å². The molecule has 0 saturated carbocycles. The molecule has 0 aromatic carbocycles. The van der Waals surface area contributed by atoms with Gasteiger partial charge in [-0.05, 0) is 12.1 Å². The van der Waals surface area contributed by atoms with Gasteiger partial charge in [0.25, 0.3) is 0 Å². The molecule has 2 N–H and O–H groups in total. The van der Waals surface area contributed by atoms with E-state index >= 15 is 0 Å². The molecule has 0 atom stereocenters. The molecule has 2 rings (SSSR count). The lowest BCUT2D eigenvalue weighted by molar-refractivity contribution is 0.0690. The van der Waals surface area contributed by atoms with Crippen LogP contribution in [0.15, 0.2) is 30.6 Å². The molecule has 7 nitrogen and oxygen atoms in total. The molecule has 0 aliphatic carbocycles. The number of aromatic carboxylic acids is 1. The highest BCUT2D eigenvalue weighted by Gasteiger charge is 2.07. The molecule has 0 radical (unpaired) electrons. The van der Waals surface area contributed by atoms with Crippen molar-refractivity contribution in [3.63, 3.8) is 0 Å². The third-order valence-electron chi connectivity index (χ3n) is 2.56. The van der Waals surface area contributed by atoms with Crippen molar-refractivity contribution in [2.75, 3.05) is 13.1 Å². The van der Waals surface area contributed by atoms with Gasteiger partial charge in [-0.15, -0.1) is 5.10 Å². The molecule has 0 aliphatic rings. The molecule has 0 bridgehead atoms. The predicted molar refractivity (Wildman–Crippen MR) is 67.8 cm³/mol. The Morgan fingerprint density at radius 1 is 1.37 bits per heavy atom. The van der Waals surface area contributed by atoms with Gasteiger partial charge in [0.15, 0.2) is 5.69 Å². The van der Waals surface area contributed by atoms with E-state index in [-0.39, 0.29) is 5.69 Å². The number of pyridine rings is 1. The largest absolute Gasteiger partial charge is 0.476 e. The van der Waals surface area contributed by atoms with Gasteiger partial charge < -0.3 is 10.4 Å². The van der Waals surface area contributed by atoms with Crippen molar-refractivity contribution < 1.29 is 9.90 Å². The van der Waals surface area contributed by atoms with Crippen molar-refractivity contribution >= 4 is 5.97 Å². The summed E-state index contributed by atoms with van der Waals surface area (Å²) in [6, 6.07) is 5.84. The molecule has 19 heavy (non-hydrogen) atoms. The van der Waals surface area contributed by atoms with Crippen LogP contribution < -0.4 is 5.32 Å². The fourth-order valence-electron chi connectivity index (χ4n) is 1.59. The summed E-state index contributed by atoms with van der Waals surface area (Å²) in [6.07, 6.45) is 4.06. The number of rotatable bonds is 7. The standard InChI is InChI=1S/C12H15N5O2/c18-12(19)11-9-17(16-15-11)8-7-13-6-4-10-3-1-2-5-14-10/h1-3,5,9,13H,4,6-8H2,(H,18,19). The molecular weight excluding hydrogens is 246 g/mol. The molecule has 0 saturated heterocycles. The minimum Gasteiger partial charge on any atom is -0.476 e. The first-order chi connectivity index (χ1) is 9.25. The molecule has 0 amide bonds. The lowest BCUT2D eigenvalue weighted by Crippen LogP contribution is -2.22. The van der Waals surface area contributed by atoms with Crippen molar-refractivity contribution in [1.82, 2.24) is 25.3 Å². The number of hydrogen-bond donors (Lipinski definition) is 2. The Balaban J connectivity index is 1.65. The van der Waals surface area contributed by atoms with Gasteiger partial charge >= 0.3 is 5.97 Å². The minimum atomic E-state index is -1.06. The summed E-state index contributed by atoms with van der Waals surface area (Å²) in [5.74, 6) is -1.06. The van der Waals surface area contributed by atoms with Gasteiger partial charge in [-0.25, -0.2) is 4.79 Å². The van der Waals surface area contributed by atoms with Gasteiger partial charge in [0.1, 0.15) is 0 Å². The highest BCUT2D eigenvalue weighted by atomic mass is 16.4. The van der Waals surface area contributed by atoms with Gasteiger partial charge in [0.05, 0.1) is 12.7 Å². The monoisotopic (exact) mass is 261 g/mol. The zero-order valence-corrected chi connectivity index (χ0v) is 10.4. The first-order valence-corrected chi connectivity index (χ1v) is 6.00. The Hall–Kier alpha value is -2.28. The number of carbonyl (C=O) groups is 1. The summed E-state index contributed by atoms with van der Waals surface area (Å²) in [5, 5.41) is 19.2. The van der Waals surface area contributed by atoms with Gasteiger partial charge in [0, 0.05) is 31.4 Å². The summed E-state index contributed by atoms with van der Waals surface area (Å²) >= 11 is 0. The fourth-order valence-corrected chi connectivity index (χ4v) is 1.59. The van der Waals surface area contributed by atoms with Crippen LogP contribution in [0.2, 0.25) is 0 Å². The normalized spacial score (nSPS) is 10.5. The molecule has 0 unspecified atom stereocenters. The number of aromatic nitrogens is 4. The van der Waals surface area contributed by atoms with E-state index in [1.807, 2.05) is 18.2 Å². The van der Waals surface area contributed by atoms with Crippen LogP contribution in [0.4, 0.5) is 0 Å². The maximum Gasteiger partial charge on any atom is 0.358 e. The first-order valence-electron chi connectivity index (χ1n) is 6.00. The molecule has 2 aromatic heterocycles. The number of carboxylic acid groups (broad SMARTS) is 1. The minimum absolute atomic E-state index is 0.0338. The van der Waals surface area contributed by atoms with Crippen LogP contribution in [-0.4, -0.2) is 44.1 Å². The van der Waals surface area contributed by atoms with Crippen molar-refractivity contribution in [2.45, 2.75) is 13.0 Å². The number of nitrogens with zero attached hydrogens (tertiary/aromatic N) is 4. The molecule has 2 heterocycles. The van der Waals surface area contributed by atoms with E-state index in [9.17, 15) is 4.79 Å². The number of carboxylic acids is 1. The van der Waals surface area contributed by atoms with E-state index in [1.54, 1.807) is 6.20 Å². The highest BCUT2D eigenvalue weighted by molar-refractivity contribution is 5.84. The Labute approximate surface area is 110 Å². The smallest absolute Gasteiger partial charge is 0.358 e. The van der Waals surface area contributed by atoms with E-state index in [1.165, 1.54) is 10.9 Å². The van der Waals surface area contributed by atoms with Gasteiger partial charge in [-0.2, -0.15) is 0 Å². The average molecular weight is 261 g/mol. The SMILES string of the molecule is O=C(O)c1cn(CCNCCc2ccccn2)nn1. The fraction of sp³-hybridized carbons (Fsp3) is 0.333. The van der Waals surface area contributed by atoms with Crippen LogP contribution in [0.1, 0.15) is 16.2 Å². The van der Waals surface area contributed by atoms with E-state index in [0.29, 0.717) is 13.1 Å². The molecule has 0 spiro atoms. The van der Waals surface area contributed by atoms with E-state index in [0.717, 1.165) is 18.7 Å². The molecule has 2 aromatic rings. The predicted octanol–water partition coefficient (Wildman–Crippen LogP) is 0.204. The summed E-state index contributed by atoms with van der Waals surface area (Å²) in [6.45, 7) is 2.11. The second-order valence-corrected chi connectivity index (χ2v) is 3.99. The average Bonchev–Trinajstić information content (AvgIpc) is 2.89. The third kappa shape index (κ3) is 4.14. The molecule has 0 fully saturated rings. The van der Waals surface area contributed by atoms with Crippen LogP contribution in [0.25, 0.3) is 0 Å². The Morgan fingerprint density at radius 2 is 2.26 bits per heavy atom. The number of hydrogen-bond acceptors (Lipinski definition) is 5. The molecule has 7 heteroatoms. The molecule has 0 aliphatic heterocycles. The van der Waals surface area contributed by atoms with Gasteiger partial charge in [-0.3, -0.25) is 9.67 Å². The summed E-state index contributed by atoms with van der Waals surface area (Å²) < 4.78 is 1.51. The highest BCUT2D eigenvalue weighted by Crippen LogP contribution is 1.94. The van der Waals surface area contributed by atoms with Crippen molar-refractivity contribution in [2.24, 2.45) is 0 Å². The maximum absolute atomic E-state index is 10.6. The van der Waals surface area contributed by atoms with Crippen molar-refractivity contribution in [3.8, 4) is 0 Å². The Morgan fingerprint density at radius 3 is 2.95 bits per heavy atom. The lowest BCUT2D eigenvalue weighted by atomic mass is 10.3. The first kappa shape index (κ1) is 13.2. The Bertz CT molecular complexity index is 526. The van der Waals surface area contributed by atoms with Crippen LogP contribution >= 0.6 is 0 Å². The maximum atomic E-state index is 10.6. The van der Waals surface area contributed by atoms with Gasteiger partial charge in [0.2, 0.25) is 0 Å². The lowest BCUT2D eigenvalue weighted by Gasteiger charge is -2.04. The quantitative estimate of drug-likeness (QED) is 0.692. The number of nitrogens with one attached hydrogen (secondary N) is 1. The molecule has 100 valence electrons. The van der Waals surface area contributed by atoms with Crippen molar-refractivity contribution in [3.05, 3.63) is 42.0 Å². The molecular formula is C12H15N5O2.